The lowest BCUT2D eigenvalue weighted by Gasteiger charge is -2.04. The molecule has 0 heterocycles. The zero-order valence-corrected chi connectivity index (χ0v) is 13.1. The number of benzene rings is 2. The first-order chi connectivity index (χ1) is 9.63. The van der Waals surface area contributed by atoms with Gasteiger partial charge in [0.25, 0.3) is 0 Å². The van der Waals surface area contributed by atoms with Crippen LogP contribution in [0.15, 0.2) is 46.9 Å². The smallest absolute Gasteiger partial charge is 0.137 e. The van der Waals surface area contributed by atoms with Gasteiger partial charge in [-0.15, -0.1) is 0 Å². The highest BCUT2D eigenvalue weighted by atomic mass is 79.9. The monoisotopic (exact) mass is 347 g/mol. The van der Waals surface area contributed by atoms with Crippen molar-refractivity contribution in [2.24, 2.45) is 0 Å². The summed E-state index contributed by atoms with van der Waals surface area (Å²) in [5, 5.41) is 9.82. The molecule has 2 aromatic rings. The summed E-state index contributed by atoms with van der Waals surface area (Å²) in [7, 11) is 1.57. The van der Waals surface area contributed by atoms with Crippen molar-refractivity contribution in [2.45, 2.75) is 0 Å². The molecule has 0 bridgehead atoms. The molecule has 0 aromatic heterocycles. The number of rotatable bonds is 3. The summed E-state index contributed by atoms with van der Waals surface area (Å²) < 4.78 is 6.08. The van der Waals surface area contributed by atoms with Gasteiger partial charge in [0.05, 0.1) is 23.8 Å². The third-order valence-electron chi connectivity index (χ3n) is 2.76. The van der Waals surface area contributed by atoms with Gasteiger partial charge in [0.15, 0.2) is 0 Å². The van der Waals surface area contributed by atoms with Gasteiger partial charge in [-0.1, -0.05) is 45.7 Å². The molecule has 0 aliphatic heterocycles. The highest BCUT2D eigenvalue weighted by molar-refractivity contribution is 9.10. The van der Waals surface area contributed by atoms with Crippen LogP contribution in [0.5, 0.6) is 5.75 Å². The van der Waals surface area contributed by atoms with Crippen LogP contribution in [0, 0.1) is 11.3 Å². The number of halogens is 2. The molecule has 0 unspecified atom stereocenters. The fourth-order valence-electron chi connectivity index (χ4n) is 1.75. The fourth-order valence-corrected chi connectivity index (χ4v) is 2.28. The first kappa shape index (κ1) is 14.6. The predicted molar refractivity (Wildman–Crippen MR) is 85.6 cm³/mol. The Balaban J connectivity index is 2.39. The maximum Gasteiger partial charge on any atom is 0.137 e. The summed E-state index contributed by atoms with van der Waals surface area (Å²) in [4.78, 5) is 0. The molecule has 0 radical (unpaired) electrons. The van der Waals surface area contributed by atoms with E-state index in [4.69, 9.17) is 16.3 Å². The maximum atomic E-state index is 9.29. The zero-order valence-electron chi connectivity index (χ0n) is 10.7. The molecule has 2 nitrogen and oxygen atoms in total. The van der Waals surface area contributed by atoms with E-state index in [1.165, 1.54) is 0 Å². The Hall–Kier alpha value is -1.76. The third kappa shape index (κ3) is 3.41. The van der Waals surface area contributed by atoms with Crippen molar-refractivity contribution in [1.29, 1.82) is 5.26 Å². The van der Waals surface area contributed by atoms with Crippen molar-refractivity contribution in [3.63, 3.8) is 0 Å². The van der Waals surface area contributed by atoms with Crippen molar-refractivity contribution >= 4 is 39.2 Å². The number of ether oxygens (including phenoxy) is 1. The quantitative estimate of drug-likeness (QED) is 0.566. The topological polar surface area (TPSA) is 33.0 Å². The van der Waals surface area contributed by atoms with Gasteiger partial charge in [-0.25, -0.2) is 0 Å². The van der Waals surface area contributed by atoms with Crippen LogP contribution in [-0.4, -0.2) is 7.11 Å². The van der Waals surface area contributed by atoms with E-state index in [0.717, 1.165) is 15.6 Å². The van der Waals surface area contributed by atoms with Crippen molar-refractivity contribution < 1.29 is 4.74 Å². The van der Waals surface area contributed by atoms with Crippen LogP contribution in [0.4, 0.5) is 0 Å². The molecular formula is C16H11BrClNO. The van der Waals surface area contributed by atoms with E-state index in [1.807, 2.05) is 30.3 Å². The Morgan fingerprint density at radius 2 is 1.95 bits per heavy atom. The molecule has 2 aromatic carbocycles. The summed E-state index contributed by atoms with van der Waals surface area (Å²) in [6.07, 6.45) is 1.80. The Morgan fingerprint density at radius 1 is 1.25 bits per heavy atom. The SMILES string of the molecule is COc1ccc(/C=C(/C#N)c2ccc(Br)cc2)cc1Cl. The van der Waals surface area contributed by atoms with Gasteiger partial charge in [-0.3, -0.25) is 0 Å². The minimum atomic E-state index is 0.523. The Kier molecular flexibility index (Phi) is 4.84. The van der Waals surface area contributed by atoms with Crippen molar-refractivity contribution in [1.82, 2.24) is 0 Å². The van der Waals surface area contributed by atoms with E-state index in [1.54, 1.807) is 25.3 Å². The third-order valence-corrected chi connectivity index (χ3v) is 3.59. The Morgan fingerprint density at radius 3 is 2.50 bits per heavy atom. The second-order valence-corrected chi connectivity index (χ2v) is 5.39. The second-order valence-electron chi connectivity index (χ2n) is 4.07. The average molecular weight is 349 g/mol. The van der Waals surface area contributed by atoms with Gasteiger partial charge < -0.3 is 4.74 Å². The van der Waals surface area contributed by atoms with Crippen molar-refractivity contribution in [3.05, 3.63) is 63.1 Å². The first-order valence-electron chi connectivity index (χ1n) is 5.85. The van der Waals surface area contributed by atoms with Crippen molar-refractivity contribution in [3.8, 4) is 11.8 Å². The molecular weight excluding hydrogens is 338 g/mol. The molecule has 0 aliphatic carbocycles. The summed E-state index contributed by atoms with van der Waals surface area (Å²) in [6, 6.07) is 15.2. The van der Waals surface area contributed by atoms with E-state index < -0.39 is 0 Å². The number of nitriles is 1. The molecule has 0 spiro atoms. The van der Waals surface area contributed by atoms with Crippen LogP contribution < -0.4 is 4.74 Å². The number of hydrogen-bond acceptors (Lipinski definition) is 2. The largest absolute Gasteiger partial charge is 0.495 e. The normalized spacial score (nSPS) is 11.0. The zero-order chi connectivity index (χ0) is 14.5. The molecule has 0 saturated heterocycles. The van der Waals surface area contributed by atoms with E-state index in [0.29, 0.717) is 16.3 Å². The lowest BCUT2D eigenvalue weighted by Crippen LogP contribution is -1.85. The summed E-state index contributed by atoms with van der Waals surface area (Å²) in [5.74, 6) is 0.617. The molecule has 20 heavy (non-hydrogen) atoms. The lowest BCUT2D eigenvalue weighted by atomic mass is 10.0. The summed E-state index contributed by atoms with van der Waals surface area (Å²) >= 11 is 9.45. The van der Waals surface area contributed by atoms with Crippen LogP contribution in [-0.2, 0) is 0 Å². The molecule has 2 rings (SSSR count). The minimum Gasteiger partial charge on any atom is -0.495 e. The van der Waals surface area contributed by atoms with Gasteiger partial charge in [-0.05, 0) is 41.5 Å². The average Bonchev–Trinajstić information content (AvgIpc) is 2.46. The van der Waals surface area contributed by atoms with Crippen LogP contribution in [0.3, 0.4) is 0 Å². The highest BCUT2D eigenvalue weighted by Crippen LogP contribution is 2.27. The van der Waals surface area contributed by atoms with Crippen molar-refractivity contribution in [2.75, 3.05) is 7.11 Å². The number of allylic oxidation sites excluding steroid dienone is 1. The van der Waals surface area contributed by atoms with Gasteiger partial charge in [0, 0.05) is 4.47 Å². The van der Waals surface area contributed by atoms with E-state index in [9.17, 15) is 5.26 Å². The molecule has 0 amide bonds. The first-order valence-corrected chi connectivity index (χ1v) is 7.02. The second kappa shape index (κ2) is 6.60. The summed E-state index contributed by atoms with van der Waals surface area (Å²) in [5.41, 5.74) is 2.30. The predicted octanol–water partition coefficient (Wildman–Crippen LogP) is 5.18. The fraction of sp³-hybridized carbons (Fsp3) is 0.0625. The number of hydrogen-bond donors (Lipinski definition) is 0. The van der Waals surface area contributed by atoms with Crippen LogP contribution in [0.25, 0.3) is 11.6 Å². The van der Waals surface area contributed by atoms with Gasteiger partial charge >= 0.3 is 0 Å². The van der Waals surface area contributed by atoms with Gasteiger partial charge in [0.2, 0.25) is 0 Å². The Bertz CT molecular complexity index is 687. The van der Waals surface area contributed by atoms with E-state index >= 15 is 0 Å². The minimum absolute atomic E-state index is 0.523. The number of nitrogens with zero attached hydrogens (tertiary/aromatic N) is 1. The van der Waals surface area contributed by atoms with Gasteiger partial charge in [-0.2, -0.15) is 5.26 Å². The maximum absolute atomic E-state index is 9.29. The molecule has 100 valence electrons. The lowest BCUT2D eigenvalue weighted by molar-refractivity contribution is 0.415. The Labute approximate surface area is 131 Å². The number of methoxy groups -OCH3 is 1. The molecule has 0 aliphatic rings. The van der Waals surface area contributed by atoms with Gasteiger partial charge in [0.1, 0.15) is 5.75 Å². The molecule has 4 heteroatoms. The highest BCUT2D eigenvalue weighted by Gasteiger charge is 2.04. The standard InChI is InChI=1S/C16H11BrClNO/c1-20-16-7-2-11(9-15(16)18)8-13(10-19)12-3-5-14(17)6-4-12/h2-9H,1H3/b13-8-. The van der Waals surface area contributed by atoms with Crippen LogP contribution >= 0.6 is 27.5 Å². The molecule has 0 N–H and O–H groups in total. The molecule has 0 atom stereocenters. The van der Waals surface area contributed by atoms with E-state index in [-0.39, 0.29) is 0 Å². The van der Waals surface area contributed by atoms with E-state index in [2.05, 4.69) is 22.0 Å². The summed E-state index contributed by atoms with van der Waals surface area (Å²) in [6.45, 7) is 0. The molecule has 0 saturated carbocycles. The van der Waals surface area contributed by atoms with Crippen LogP contribution in [0.1, 0.15) is 11.1 Å². The van der Waals surface area contributed by atoms with Crippen LogP contribution in [0.2, 0.25) is 5.02 Å². The molecule has 0 fully saturated rings.